The number of hydrogen-bond donors (Lipinski definition) is 1. The molecular weight excluding hydrogens is 208 g/mol. The second-order valence-electron chi connectivity index (χ2n) is 2.62. The first kappa shape index (κ1) is 10.5. The van der Waals surface area contributed by atoms with Crippen LogP contribution in [0.1, 0.15) is 5.56 Å². The standard InChI is InChI=1S/C7H6N2O4S/c1-4-6(8(10)11)2-5(14)3-7(4)9(12)13/h2-3,14H,1H3. The van der Waals surface area contributed by atoms with E-state index < -0.39 is 9.85 Å². The number of rotatable bonds is 2. The quantitative estimate of drug-likeness (QED) is 0.464. The third kappa shape index (κ3) is 1.82. The molecule has 1 aromatic carbocycles. The van der Waals surface area contributed by atoms with Crippen LogP contribution in [0.4, 0.5) is 11.4 Å². The van der Waals surface area contributed by atoms with Gasteiger partial charge in [0.05, 0.1) is 9.85 Å². The first-order valence-corrected chi connectivity index (χ1v) is 4.00. The summed E-state index contributed by atoms with van der Waals surface area (Å²) in [6.45, 7) is 1.34. The van der Waals surface area contributed by atoms with Gasteiger partial charge in [-0.2, -0.15) is 0 Å². The summed E-state index contributed by atoms with van der Waals surface area (Å²) in [5.41, 5.74) is -0.536. The minimum atomic E-state index is -0.665. The molecule has 0 aliphatic carbocycles. The first-order valence-electron chi connectivity index (χ1n) is 3.56. The van der Waals surface area contributed by atoms with Gasteiger partial charge in [0.25, 0.3) is 11.4 Å². The van der Waals surface area contributed by atoms with Gasteiger partial charge in [0.2, 0.25) is 0 Å². The monoisotopic (exact) mass is 214 g/mol. The normalized spacial score (nSPS) is 9.86. The lowest BCUT2D eigenvalue weighted by molar-refractivity contribution is -0.395. The first-order chi connectivity index (χ1) is 6.43. The molecule has 1 rings (SSSR count). The summed E-state index contributed by atoms with van der Waals surface area (Å²) >= 11 is 3.85. The molecule has 0 heterocycles. The molecule has 0 fully saturated rings. The van der Waals surface area contributed by atoms with Crippen LogP contribution in [0.15, 0.2) is 17.0 Å². The maximum Gasteiger partial charge on any atom is 0.280 e. The Morgan fingerprint density at radius 3 is 1.79 bits per heavy atom. The predicted molar refractivity (Wildman–Crippen MR) is 51.7 cm³/mol. The molecule has 0 saturated carbocycles. The minimum absolute atomic E-state index is 0.0396. The van der Waals surface area contributed by atoms with Crippen molar-refractivity contribution in [2.75, 3.05) is 0 Å². The van der Waals surface area contributed by atoms with E-state index in [4.69, 9.17) is 0 Å². The van der Waals surface area contributed by atoms with Gasteiger partial charge in [-0.1, -0.05) is 0 Å². The highest BCUT2D eigenvalue weighted by molar-refractivity contribution is 7.80. The summed E-state index contributed by atoms with van der Waals surface area (Å²) in [5.74, 6) is 0. The molecule has 0 unspecified atom stereocenters. The van der Waals surface area contributed by atoms with E-state index in [0.29, 0.717) is 0 Å². The Kier molecular flexibility index (Phi) is 2.70. The molecule has 7 heteroatoms. The largest absolute Gasteiger partial charge is 0.280 e. The van der Waals surface area contributed by atoms with Crippen LogP contribution in [-0.4, -0.2) is 9.85 Å². The molecular formula is C7H6N2O4S. The van der Waals surface area contributed by atoms with Crippen LogP contribution in [0, 0.1) is 27.2 Å². The average molecular weight is 214 g/mol. The fourth-order valence-electron chi connectivity index (χ4n) is 1.05. The molecule has 0 aromatic heterocycles. The molecule has 0 spiro atoms. The van der Waals surface area contributed by atoms with Crippen molar-refractivity contribution in [3.05, 3.63) is 37.9 Å². The van der Waals surface area contributed by atoms with Crippen molar-refractivity contribution in [3.8, 4) is 0 Å². The number of benzene rings is 1. The number of thiol groups is 1. The van der Waals surface area contributed by atoms with E-state index in [9.17, 15) is 20.2 Å². The van der Waals surface area contributed by atoms with Crippen molar-refractivity contribution in [2.45, 2.75) is 11.8 Å². The summed E-state index contributed by atoms with van der Waals surface area (Å²) in [7, 11) is 0. The molecule has 0 N–H and O–H groups in total. The zero-order valence-corrected chi connectivity index (χ0v) is 8.02. The van der Waals surface area contributed by atoms with E-state index in [0.717, 1.165) is 0 Å². The number of nitro benzene ring substituents is 2. The summed E-state index contributed by atoms with van der Waals surface area (Å²) < 4.78 is 0. The van der Waals surface area contributed by atoms with Gasteiger partial charge >= 0.3 is 0 Å². The lowest BCUT2D eigenvalue weighted by Gasteiger charge is -1.99. The molecule has 0 aliphatic heterocycles. The van der Waals surface area contributed by atoms with Gasteiger partial charge in [-0.15, -0.1) is 12.6 Å². The fraction of sp³-hybridized carbons (Fsp3) is 0.143. The van der Waals surface area contributed by atoms with Gasteiger partial charge in [-0.3, -0.25) is 20.2 Å². The van der Waals surface area contributed by atoms with Crippen molar-refractivity contribution in [1.29, 1.82) is 0 Å². The van der Waals surface area contributed by atoms with Gasteiger partial charge < -0.3 is 0 Å². The maximum atomic E-state index is 10.5. The van der Waals surface area contributed by atoms with Crippen LogP contribution in [0.5, 0.6) is 0 Å². The highest BCUT2D eigenvalue weighted by atomic mass is 32.1. The Hall–Kier alpha value is -1.63. The highest BCUT2D eigenvalue weighted by Crippen LogP contribution is 2.30. The van der Waals surface area contributed by atoms with E-state index in [1.807, 2.05) is 0 Å². The van der Waals surface area contributed by atoms with Crippen molar-refractivity contribution >= 4 is 24.0 Å². The highest BCUT2D eigenvalue weighted by Gasteiger charge is 2.21. The number of nitrogens with zero attached hydrogens (tertiary/aromatic N) is 2. The summed E-state index contributed by atoms with van der Waals surface area (Å²) in [6, 6.07) is 2.37. The van der Waals surface area contributed by atoms with E-state index in [2.05, 4.69) is 12.6 Å². The zero-order valence-electron chi connectivity index (χ0n) is 7.13. The lowest BCUT2D eigenvalue weighted by Crippen LogP contribution is -1.97. The maximum absolute atomic E-state index is 10.5. The van der Waals surface area contributed by atoms with E-state index >= 15 is 0 Å². The van der Waals surface area contributed by atoms with Crippen molar-refractivity contribution in [3.63, 3.8) is 0 Å². The molecule has 0 radical (unpaired) electrons. The minimum Gasteiger partial charge on any atom is -0.258 e. The summed E-state index contributed by atoms with van der Waals surface area (Å²) in [4.78, 5) is 19.9. The predicted octanol–water partition coefficient (Wildman–Crippen LogP) is 2.10. The topological polar surface area (TPSA) is 86.3 Å². The molecule has 0 aliphatic rings. The van der Waals surface area contributed by atoms with Gasteiger partial charge in [0.1, 0.15) is 5.56 Å². The Morgan fingerprint density at radius 1 is 1.14 bits per heavy atom. The van der Waals surface area contributed by atoms with E-state index in [1.165, 1.54) is 19.1 Å². The molecule has 0 bridgehead atoms. The van der Waals surface area contributed by atoms with Crippen molar-refractivity contribution in [2.24, 2.45) is 0 Å². The second-order valence-corrected chi connectivity index (χ2v) is 3.14. The molecule has 14 heavy (non-hydrogen) atoms. The van der Waals surface area contributed by atoms with E-state index in [-0.39, 0.29) is 21.8 Å². The second kappa shape index (κ2) is 3.62. The van der Waals surface area contributed by atoms with Crippen molar-refractivity contribution in [1.82, 2.24) is 0 Å². The Labute approximate surface area is 84.3 Å². The lowest BCUT2D eigenvalue weighted by atomic mass is 10.1. The average Bonchev–Trinajstić information content (AvgIpc) is 2.07. The SMILES string of the molecule is Cc1c([N+](=O)[O-])cc(S)cc1[N+](=O)[O-]. The van der Waals surface area contributed by atoms with Gasteiger partial charge in [0, 0.05) is 17.0 Å². The van der Waals surface area contributed by atoms with Crippen LogP contribution in [0.2, 0.25) is 0 Å². The van der Waals surface area contributed by atoms with Gasteiger partial charge in [-0.05, 0) is 6.92 Å². The zero-order chi connectivity index (χ0) is 10.9. The third-order valence-electron chi connectivity index (χ3n) is 1.73. The van der Waals surface area contributed by atoms with Crippen LogP contribution in [-0.2, 0) is 0 Å². The summed E-state index contributed by atoms with van der Waals surface area (Å²) in [6.07, 6.45) is 0. The Balaban J connectivity index is 3.47. The van der Waals surface area contributed by atoms with Crippen LogP contribution >= 0.6 is 12.6 Å². The third-order valence-corrected chi connectivity index (χ3v) is 1.99. The molecule has 0 amide bonds. The molecule has 0 saturated heterocycles. The van der Waals surface area contributed by atoms with Gasteiger partial charge in [-0.25, -0.2) is 0 Å². The van der Waals surface area contributed by atoms with Gasteiger partial charge in [0.15, 0.2) is 0 Å². The molecule has 1 aromatic rings. The number of nitro groups is 2. The van der Waals surface area contributed by atoms with Crippen LogP contribution < -0.4 is 0 Å². The van der Waals surface area contributed by atoms with Crippen LogP contribution in [0.3, 0.4) is 0 Å². The Morgan fingerprint density at radius 2 is 1.50 bits per heavy atom. The molecule has 0 atom stereocenters. The fourth-order valence-corrected chi connectivity index (χ4v) is 1.29. The van der Waals surface area contributed by atoms with Crippen LogP contribution in [0.25, 0.3) is 0 Å². The van der Waals surface area contributed by atoms with Crippen molar-refractivity contribution < 1.29 is 9.85 Å². The Bertz CT molecular complexity index is 383. The van der Waals surface area contributed by atoms with E-state index in [1.54, 1.807) is 0 Å². The molecule has 74 valence electrons. The number of hydrogen-bond acceptors (Lipinski definition) is 5. The molecule has 6 nitrogen and oxygen atoms in total. The smallest absolute Gasteiger partial charge is 0.258 e. The summed E-state index contributed by atoms with van der Waals surface area (Å²) in [5, 5.41) is 21.0.